The van der Waals surface area contributed by atoms with E-state index in [1.165, 1.54) is 37.3 Å². The van der Waals surface area contributed by atoms with Gasteiger partial charge < -0.3 is 10.1 Å². The van der Waals surface area contributed by atoms with Crippen LogP contribution in [0.2, 0.25) is 0 Å². The van der Waals surface area contributed by atoms with Crippen LogP contribution in [0.5, 0.6) is 0 Å². The first kappa shape index (κ1) is 10.4. The van der Waals surface area contributed by atoms with E-state index in [9.17, 15) is 0 Å². The molecule has 0 amide bonds. The van der Waals surface area contributed by atoms with Crippen LogP contribution in [0.15, 0.2) is 0 Å². The molecule has 1 saturated heterocycles. The molecular formula is C9H19NOS. The highest BCUT2D eigenvalue weighted by Crippen LogP contribution is 2.12. The van der Waals surface area contributed by atoms with Crippen molar-refractivity contribution in [1.29, 1.82) is 0 Å². The van der Waals surface area contributed by atoms with Gasteiger partial charge in [0.1, 0.15) is 0 Å². The number of hydrogen-bond donors (Lipinski definition) is 1. The van der Waals surface area contributed by atoms with Crippen molar-refractivity contribution in [3.8, 4) is 0 Å². The molecule has 1 fully saturated rings. The molecule has 1 atom stereocenters. The summed E-state index contributed by atoms with van der Waals surface area (Å²) < 4.78 is 4.98. The summed E-state index contributed by atoms with van der Waals surface area (Å²) in [7, 11) is 1.77. The Kier molecular flexibility index (Phi) is 5.82. The van der Waals surface area contributed by atoms with Gasteiger partial charge in [-0.1, -0.05) is 0 Å². The molecule has 1 aliphatic rings. The highest BCUT2D eigenvalue weighted by molar-refractivity contribution is 7.99. The molecule has 0 spiro atoms. The summed E-state index contributed by atoms with van der Waals surface area (Å²) in [6.07, 6.45) is 3.93. The van der Waals surface area contributed by atoms with Gasteiger partial charge in [-0.15, -0.1) is 0 Å². The summed E-state index contributed by atoms with van der Waals surface area (Å²) in [5, 5.41) is 3.50. The molecular weight excluding hydrogens is 170 g/mol. The van der Waals surface area contributed by atoms with Crippen molar-refractivity contribution in [2.24, 2.45) is 0 Å². The predicted octanol–water partition coefficient (Wildman–Crippen LogP) is 1.51. The Morgan fingerprint density at radius 1 is 1.58 bits per heavy atom. The molecule has 1 rings (SSSR count). The minimum Gasteiger partial charge on any atom is -0.385 e. The lowest BCUT2D eigenvalue weighted by Crippen LogP contribution is -2.23. The maximum Gasteiger partial charge on any atom is 0.0470 e. The Morgan fingerprint density at radius 3 is 3.17 bits per heavy atom. The van der Waals surface area contributed by atoms with Gasteiger partial charge in [-0.3, -0.25) is 0 Å². The van der Waals surface area contributed by atoms with Gasteiger partial charge in [0.15, 0.2) is 0 Å². The van der Waals surface area contributed by atoms with E-state index in [0.717, 1.165) is 12.6 Å². The van der Waals surface area contributed by atoms with Crippen molar-refractivity contribution in [2.45, 2.75) is 25.3 Å². The zero-order chi connectivity index (χ0) is 8.65. The Balaban J connectivity index is 1.81. The van der Waals surface area contributed by atoms with Gasteiger partial charge in [-0.25, -0.2) is 0 Å². The number of nitrogens with one attached hydrogen (secondary N) is 1. The van der Waals surface area contributed by atoms with Gasteiger partial charge >= 0.3 is 0 Å². The van der Waals surface area contributed by atoms with E-state index >= 15 is 0 Å². The average Bonchev–Trinajstić information content (AvgIpc) is 2.57. The molecule has 0 aromatic rings. The minimum absolute atomic E-state index is 0.789. The van der Waals surface area contributed by atoms with Crippen molar-refractivity contribution in [3.05, 3.63) is 0 Å². The van der Waals surface area contributed by atoms with E-state index in [1.807, 2.05) is 11.8 Å². The zero-order valence-electron chi connectivity index (χ0n) is 7.84. The quantitative estimate of drug-likeness (QED) is 0.640. The van der Waals surface area contributed by atoms with Crippen LogP contribution >= 0.6 is 11.8 Å². The lowest BCUT2D eigenvalue weighted by atomic mass is 10.3. The second-order valence-corrected chi connectivity index (χ2v) is 4.36. The Morgan fingerprint density at radius 2 is 2.50 bits per heavy atom. The number of hydrogen-bond acceptors (Lipinski definition) is 3. The Hall–Kier alpha value is 0.270. The van der Waals surface area contributed by atoms with Crippen molar-refractivity contribution < 1.29 is 4.74 Å². The predicted molar refractivity (Wildman–Crippen MR) is 54.8 cm³/mol. The molecule has 0 aliphatic carbocycles. The fourth-order valence-electron chi connectivity index (χ4n) is 1.43. The molecule has 0 saturated carbocycles. The molecule has 72 valence electrons. The van der Waals surface area contributed by atoms with Gasteiger partial charge in [-0.05, 0) is 31.6 Å². The van der Waals surface area contributed by atoms with Crippen molar-refractivity contribution >= 4 is 11.8 Å². The summed E-state index contributed by atoms with van der Waals surface area (Å²) in [6, 6.07) is 0.789. The molecule has 12 heavy (non-hydrogen) atoms. The van der Waals surface area contributed by atoms with Gasteiger partial charge in [0.25, 0.3) is 0 Å². The topological polar surface area (TPSA) is 21.3 Å². The third kappa shape index (κ3) is 4.33. The summed E-state index contributed by atoms with van der Waals surface area (Å²) in [5.41, 5.74) is 0. The van der Waals surface area contributed by atoms with Crippen LogP contribution < -0.4 is 5.32 Å². The van der Waals surface area contributed by atoms with Crippen LogP contribution in [0.4, 0.5) is 0 Å². The fraction of sp³-hybridized carbons (Fsp3) is 1.00. The third-order valence-corrected chi connectivity index (χ3v) is 3.33. The van der Waals surface area contributed by atoms with Crippen LogP contribution in [-0.4, -0.2) is 37.8 Å². The summed E-state index contributed by atoms with van der Waals surface area (Å²) in [5.74, 6) is 2.52. The van der Waals surface area contributed by atoms with Gasteiger partial charge in [0.05, 0.1) is 0 Å². The molecule has 3 heteroatoms. The van der Waals surface area contributed by atoms with Gasteiger partial charge in [-0.2, -0.15) is 11.8 Å². The van der Waals surface area contributed by atoms with Crippen LogP contribution in [0.1, 0.15) is 19.3 Å². The number of ether oxygens (including phenoxy) is 1. The maximum absolute atomic E-state index is 4.98. The monoisotopic (exact) mass is 189 g/mol. The molecule has 0 unspecified atom stereocenters. The molecule has 0 aromatic heterocycles. The van der Waals surface area contributed by atoms with E-state index in [-0.39, 0.29) is 0 Å². The van der Waals surface area contributed by atoms with Crippen LogP contribution in [0.3, 0.4) is 0 Å². The Labute approximate surface area is 79.4 Å². The fourth-order valence-corrected chi connectivity index (χ4v) is 2.49. The van der Waals surface area contributed by atoms with Crippen molar-refractivity contribution in [3.63, 3.8) is 0 Å². The second-order valence-electron chi connectivity index (χ2n) is 3.21. The number of methoxy groups -OCH3 is 1. The first-order chi connectivity index (χ1) is 5.93. The van der Waals surface area contributed by atoms with Gasteiger partial charge in [0.2, 0.25) is 0 Å². The van der Waals surface area contributed by atoms with Crippen LogP contribution in [0.25, 0.3) is 0 Å². The minimum atomic E-state index is 0.789. The molecule has 1 N–H and O–H groups in total. The molecule has 0 radical (unpaired) electrons. The van der Waals surface area contributed by atoms with E-state index in [0.29, 0.717) is 0 Å². The molecule has 0 bridgehead atoms. The summed E-state index contributed by atoms with van der Waals surface area (Å²) in [6.45, 7) is 2.13. The summed E-state index contributed by atoms with van der Waals surface area (Å²) >= 11 is 2.05. The van der Waals surface area contributed by atoms with Crippen molar-refractivity contribution in [2.75, 3.05) is 31.8 Å². The Bertz CT molecular complexity index is 105. The molecule has 0 aromatic carbocycles. The average molecular weight is 189 g/mol. The molecule has 2 nitrogen and oxygen atoms in total. The highest BCUT2D eigenvalue weighted by Gasteiger charge is 2.12. The normalized spacial score (nSPS) is 23.2. The van der Waals surface area contributed by atoms with Gasteiger partial charge in [0, 0.05) is 25.5 Å². The molecule has 1 heterocycles. The highest BCUT2D eigenvalue weighted by atomic mass is 32.2. The van der Waals surface area contributed by atoms with E-state index in [4.69, 9.17) is 4.74 Å². The standard InChI is InChI=1S/C9H19NOS/c1-11-6-3-7-12-8-9-4-2-5-10-9/h9-10H,2-8H2,1H3/t9-/m0/s1. The summed E-state index contributed by atoms with van der Waals surface area (Å²) in [4.78, 5) is 0. The third-order valence-electron chi connectivity index (χ3n) is 2.12. The number of rotatable bonds is 6. The lowest BCUT2D eigenvalue weighted by Gasteiger charge is -2.08. The first-order valence-electron chi connectivity index (χ1n) is 4.73. The first-order valence-corrected chi connectivity index (χ1v) is 5.89. The van der Waals surface area contributed by atoms with Crippen LogP contribution in [0, 0.1) is 0 Å². The molecule has 1 aliphatic heterocycles. The zero-order valence-corrected chi connectivity index (χ0v) is 8.66. The maximum atomic E-state index is 4.98. The van der Waals surface area contributed by atoms with E-state index < -0.39 is 0 Å². The van der Waals surface area contributed by atoms with Crippen LogP contribution in [-0.2, 0) is 4.74 Å². The largest absolute Gasteiger partial charge is 0.385 e. The smallest absolute Gasteiger partial charge is 0.0470 e. The SMILES string of the molecule is COCCCSC[C@@H]1CCCN1. The second kappa shape index (κ2) is 6.75. The van der Waals surface area contributed by atoms with E-state index in [1.54, 1.807) is 7.11 Å². The van der Waals surface area contributed by atoms with Crippen molar-refractivity contribution in [1.82, 2.24) is 5.32 Å². The number of thioether (sulfide) groups is 1. The van der Waals surface area contributed by atoms with E-state index in [2.05, 4.69) is 5.32 Å². The lowest BCUT2D eigenvalue weighted by molar-refractivity contribution is 0.200.